The van der Waals surface area contributed by atoms with E-state index < -0.39 is 0 Å². The third-order valence-electron chi connectivity index (χ3n) is 2.01. The van der Waals surface area contributed by atoms with Crippen LogP contribution in [0.1, 0.15) is 17.6 Å². The van der Waals surface area contributed by atoms with E-state index in [4.69, 9.17) is 20.0 Å². The molecule has 1 aromatic heterocycles. The molecule has 0 amide bonds. The van der Waals surface area contributed by atoms with Crippen LogP contribution in [0.2, 0.25) is 0 Å². The molecule has 2 heterocycles. The van der Waals surface area contributed by atoms with Crippen molar-refractivity contribution in [2.24, 2.45) is 10.7 Å². The average molecular weight is 196 g/mol. The molecule has 76 valence electrons. The molecule has 1 aliphatic rings. The molecule has 1 unspecified atom stereocenters. The summed E-state index contributed by atoms with van der Waals surface area (Å²) in [5.74, 6) is 1.68. The summed E-state index contributed by atoms with van der Waals surface area (Å²) in [6.45, 7) is 0.746. The Labute approximate surface area is 81.2 Å². The quantitative estimate of drug-likeness (QED) is 0.708. The van der Waals surface area contributed by atoms with Crippen LogP contribution in [0.3, 0.4) is 0 Å². The number of rotatable bonds is 2. The first-order valence-corrected chi connectivity index (χ1v) is 4.39. The van der Waals surface area contributed by atoms with Crippen molar-refractivity contribution in [3.63, 3.8) is 0 Å². The first kappa shape index (κ1) is 9.23. The molecule has 0 saturated heterocycles. The maximum atomic E-state index is 8.82. The Hall–Kier alpha value is -1.33. The predicted octanol–water partition coefficient (Wildman–Crippen LogP) is 0.200. The molecule has 1 aliphatic heterocycles. The van der Waals surface area contributed by atoms with Crippen molar-refractivity contribution in [2.75, 3.05) is 13.2 Å². The summed E-state index contributed by atoms with van der Waals surface area (Å²) in [5.41, 5.74) is 5.54. The Bertz CT molecular complexity index is 346. The van der Waals surface area contributed by atoms with E-state index in [-0.39, 0.29) is 12.6 Å². The van der Waals surface area contributed by atoms with E-state index in [1.54, 1.807) is 12.1 Å². The number of aliphatic hydroxyl groups excluding tert-OH is 1. The van der Waals surface area contributed by atoms with Crippen molar-refractivity contribution >= 4 is 5.84 Å². The Kier molecular flexibility index (Phi) is 2.51. The lowest BCUT2D eigenvalue weighted by molar-refractivity contribution is 0.134. The van der Waals surface area contributed by atoms with Crippen LogP contribution >= 0.6 is 0 Å². The molecule has 5 nitrogen and oxygen atoms in total. The lowest BCUT2D eigenvalue weighted by Gasteiger charge is -2.16. The predicted molar refractivity (Wildman–Crippen MR) is 49.8 cm³/mol. The van der Waals surface area contributed by atoms with Gasteiger partial charge in [0.15, 0.2) is 0 Å². The molecule has 1 atom stereocenters. The van der Waals surface area contributed by atoms with Crippen LogP contribution in [0.15, 0.2) is 21.5 Å². The molecule has 0 aliphatic carbocycles. The van der Waals surface area contributed by atoms with Crippen molar-refractivity contribution in [3.05, 3.63) is 23.7 Å². The normalized spacial score (nSPS) is 22.1. The highest BCUT2D eigenvalue weighted by molar-refractivity contribution is 5.82. The molecule has 0 fully saturated rings. The van der Waals surface area contributed by atoms with Crippen LogP contribution in [-0.4, -0.2) is 24.2 Å². The zero-order chi connectivity index (χ0) is 9.97. The van der Waals surface area contributed by atoms with Gasteiger partial charge in [0.2, 0.25) is 0 Å². The molecule has 5 heteroatoms. The number of aliphatic hydroxyl groups is 1. The largest absolute Gasteiger partial charge is 0.461 e. The monoisotopic (exact) mass is 196 g/mol. The molecule has 14 heavy (non-hydrogen) atoms. The van der Waals surface area contributed by atoms with Crippen molar-refractivity contribution in [2.45, 2.75) is 12.6 Å². The van der Waals surface area contributed by atoms with Crippen molar-refractivity contribution < 1.29 is 14.3 Å². The lowest BCUT2D eigenvalue weighted by atomic mass is 10.2. The Morgan fingerprint density at radius 1 is 1.57 bits per heavy atom. The van der Waals surface area contributed by atoms with Crippen molar-refractivity contribution in [1.29, 1.82) is 0 Å². The molecular weight excluding hydrogens is 184 g/mol. The fourth-order valence-electron chi connectivity index (χ4n) is 1.35. The molecule has 0 bridgehead atoms. The second-order valence-corrected chi connectivity index (χ2v) is 3.11. The smallest absolute Gasteiger partial charge is 0.133 e. The highest BCUT2D eigenvalue weighted by Gasteiger charge is 2.19. The van der Waals surface area contributed by atoms with E-state index in [2.05, 4.69) is 4.99 Å². The van der Waals surface area contributed by atoms with Crippen molar-refractivity contribution in [3.8, 4) is 0 Å². The van der Waals surface area contributed by atoms with Crippen LogP contribution in [0.5, 0.6) is 0 Å². The molecule has 0 aromatic carbocycles. The topological polar surface area (TPSA) is 81.0 Å². The van der Waals surface area contributed by atoms with Gasteiger partial charge in [0, 0.05) is 0 Å². The zero-order valence-electron chi connectivity index (χ0n) is 7.64. The SMILES string of the molecule is NC1=NC(c2ccc(CO)o2)COC1. The fourth-order valence-corrected chi connectivity index (χ4v) is 1.35. The van der Waals surface area contributed by atoms with E-state index in [0.717, 1.165) is 0 Å². The van der Waals surface area contributed by atoms with Gasteiger partial charge in [-0.3, -0.25) is 4.99 Å². The summed E-state index contributed by atoms with van der Waals surface area (Å²) in [4.78, 5) is 4.19. The van der Waals surface area contributed by atoms with Crippen LogP contribution in [-0.2, 0) is 11.3 Å². The minimum absolute atomic E-state index is 0.104. The molecular formula is C9H12N2O3. The minimum atomic E-state index is -0.177. The van der Waals surface area contributed by atoms with Gasteiger partial charge in [0.05, 0.1) is 6.61 Å². The number of ether oxygens (including phenoxy) is 1. The number of amidine groups is 1. The lowest BCUT2D eigenvalue weighted by Crippen LogP contribution is -2.27. The minimum Gasteiger partial charge on any atom is -0.461 e. The summed E-state index contributed by atoms with van der Waals surface area (Å²) >= 11 is 0. The first-order chi connectivity index (χ1) is 6.79. The molecule has 3 N–H and O–H groups in total. The van der Waals surface area contributed by atoms with Gasteiger partial charge in [0.1, 0.15) is 36.6 Å². The van der Waals surface area contributed by atoms with E-state index in [1.165, 1.54) is 0 Å². The van der Waals surface area contributed by atoms with E-state index in [9.17, 15) is 0 Å². The number of aliphatic imine (C=N–C) groups is 1. The molecule has 0 spiro atoms. The Morgan fingerprint density at radius 3 is 3.07 bits per heavy atom. The van der Waals surface area contributed by atoms with Gasteiger partial charge in [-0.25, -0.2) is 0 Å². The molecule has 0 saturated carbocycles. The molecule has 1 aromatic rings. The van der Waals surface area contributed by atoms with E-state index in [1.807, 2.05) is 0 Å². The summed E-state index contributed by atoms with van der Waals surface area (Å²) in [7, 11) is 0. The Balaban J connectivity index is 2.18. The summed E-state index contributed by atoms with van der Waals surface area (Å²) in [6, 6.07) is 3.32. The second-order valence-electron chi connectivity index (χ2n) is 3.11. The number of hydrogen-bond donors (Lipinski definition) is 2. The number of nitrogens with two attached hydrogens (primary N) is 1. The Morgan fingerprint density at radius 2 is 2.43 bits per heavy atom. The van der Waals surface area contributed by atoms with E-state index in [0.29, 0.717) is 30.6 Å². The highest BCUT2D eigenvalue weighted by Crippen LogP contribution is 2.22. The molecule has 2 rings (SSSR count). The van der Waals surface area contributed by atoms with Crippen LogP contribution in [0.25, 0.3) is 0 Å². The number of hydrogen-bond acceptors (Lipinski definition) is 5. The van der Waals surface area contributed by atoms with Crippen LogP contribution in [0.4, 0.5) is 0 Å². The zero-order valence-corrected chi connectivity index (χ0v) is 7.64. The van der Waals surface area contributed by atoms with Gasteiger partial charge in [0.25, 0.3) is 0 Å². The van der Waals surface area contributed by atoms with Gasteiger partial charge in [-0.2, -0.15) is 0 Å². The maximum absolute atomic E-state index is 8.82. The number of nitrogens with zero attached hydrogens (tertiary/aromatic N) is 1. The van der Waals surface area contributed by atoms with Gasteiger partial charge in [-0.15, -0.1) is 0 Å². The summed E-state index contributed by atoms with van der Waals surface area (Å²) < 4.78 is 10.5. The summed E-state index contributed by atoms with van der Waals surface area (Å²) in [5, 5.41) is 8.82. The van der Waals surface area contributed by atoms with E-state index >= 15 is 0 Å². The van der Waals surface area contributed by atoms with Gasteiger partial charge in [-0.05, 0) is 12.1 Å². The van der Waals surface area contributed by atoms with Crippen LogP contribution < -0.4 is 5.73 Å². The first-order valence-electron chi connectivity index (χ1n) is 4.39. The van der Waals surface area contributed by atoms with Crippen molar-refractivity contribution in [1.82, 2.24) is 0 Å². The summed E-state index contributed by atoms with van der Waals surface area (Å²) in [6.07, 6.45) is 0. The standard InChI is InChI=1S/C9H12N2O3/c10-9-5-13-4-7(11-9)8-2-1-6(3-12)14-8/h1-2,7,12H,3-5H2,(H2,10,11). The van der Waals surface area contributed by atoms with Gasteiger partial charge < -0.3 is 20.0 Å². The number of furan rings is 1. The fraction of sp³-hybridized carbons (Fsp3) is 0.444. The van der Waals surface area contributed by atoms with Gasteiger partial charge >= 0.3 is 0 Å². The van der Waals surface area contributed by atoms with Crippen LogP contribution in [0, 0.1) is 0 Å². The maximum Gasteiger partial charge on any atom is 0.133 e. The molecule has 0 radical (unpaired) electrons. The second kappa shape index (κ2) is 3.81. The third kappa shape index (κ3) is 1.78. The third-order valence-corrected chi connectivity index (χ3v) is 2.01. The van der Waals surface area contributed by atoms with Gasteiger partial charge in [-0.1, -0.05) is 0 Å². The highest BCUT2D eigenvalue weighted by atomic mass is 16.5. The average Bonchev–Trinajstić information content (AvgIpc) is 2.66.